The first-order chi connectivity index (χ1) is 12.6. The number of aliphatic hydroxyl groups is 1. The van der Waals surface area contributed by atoms with E-state index in [1.54, 1.807) is 0 Å². The van der Waals surface area contributed by atoms with Crippen molar-refractivity contribution in [3.63, 3.8) is 0 Å². The predicted molar refractivity (Wildman–Crippen MR) is 109 cm³/mol. The zero-order chi connectivity index (χ0) is 19.0. The minimum Gasteiger partial charge on any atom is -0.380 e. The van der Waals surface area contributed by atoms with Crippen LogP contribution < -0.4 is 5.32 Å². The van der Waals surface area contributed by atoms with E-state index in [1.165, 1.54) is 38.5 Å². The quantitative estimate of drug-likeness (QED) is 0.321. The Bertz CT molecular complexity index is 470. The fourth-order valence-corrected chi connectivity index (χ4v) is 3.89. The van der Waals surface area contributed by atoms with Crippen molar-refractivity contribution in [2.24, 2.45) is 0 Å². The molecule has 0 aromatic carbocycles. The van der Waals surface area contributed by atoms with E-state index in [9.17, 15) is 14.7 Å². The molecule has 26 heavy (non-hydrogen) atoms. The zero-order valence-corrected chi connectivity index (χ0v) is 17.0. The Hall–Kier alpha value is -0.990. The molecule has 1 heterocycles. The first-order valence-electron chi connectivity index (χ1n) is 10.3. The summed E-state index contributed by atoms with van der Waals surface area (Å²) in [4.78, 5) is 22.5. The second-order valence-corrected chi connectivity index (χ2v) is 8.26. The third-order valence-corrected chi connectivity index (χ3v) is 5.69. The Kier molecular flexibility index (Phi) is 13.4. The number of nitrogens with one attached hydrogen (secondary N) is 1. The molecule has 0 radical (unpaired) electrons. The van der Waals surface area contributed by atoms with E-state index in [0.717, 1.165) is 63.1 Å². The zero-order valence-electron chi connectivity index (χ0n) is 16.2. The fraction of sp³-hybridized carbons (Fsp3) is 0.810. The molecule has 2 N–H and O–H groups in total. The summed E-state index contributed by atoms with van der Waals surface area (Å²) in [5.41, 5.74) is 0. The summed E-state index contributed by atoms with van der Waals surface area (Å²) >= 11 is 1.14. The molecule has 4 nitrogen and oxygen atoms in total. The van der Waals surface area contributed by atoms with Gasteiger partial charge in [-0.25, -0.2) is 0 Å². The van der Waals surface area contributed by atoms with E-state index in [0.29, 0.717) is 0 Å². The van der Waals surface area contributed by atoms with Crippen molar-refractivity contribution in [3.05, 3.63) is 0 Å². The fourth-order valence-electron chi connectivity index (χ4n) is 3.02. The first-order valence-corrected chi connectivity index (χ1v) is 11.2. The van der Waals surface area contributed by atoms with Crippen molar-refractivity contribution >= 4 is 22.9 Å². The maximum absolute atomic E-state index is 11.4. The molecule has 2 amide bonds. The van der Waals surface area contributed by atoms with Gasteiger partial charge in [-0.2, -0.15) is 0 Å². The molecule has 5 heteroatoms. The molecule has 148 valence electrons. The van der Waals surface area contributed by atoms with Gasteiger partial charge < -0.3 is 5.11 Å². The molecule has 0 aromatic heterocycles. The molecular weight excluding hydrogens is 346 g/mol. The lowest BCUT2D eigenvalue weighted by molar-refractivity contribution is -0.119. The number of carbonyl (C=O) groups excluding carboxylic acids is 2. The van der Waals surface area contributed by atoms with Crippen LogP contribution >= 0.6 is 11.8 Å². The lowest BCUT2D eigenvalue weighted by Gasteiger charge is -2.05. The van der Waals surface area contributed by atoms with Crippen LogP contribution in [0.1, 0.15) is 96.8 Å². The Morgan fingerprint density at radius 1 is 1.00 bits per heavy atom. The number of hydrogen-bond acceptors (Lipinski definition) is 4. The van der Waals surface area contributed by atoms with Crippen molar-refractivity contribution in [1.29, 1.82) is 0 Å². The number of unbranched alkanes of at least 4 members (excludes halogenated alkanes) is 10. The third-order valence-electron chi connectivity index (χ3n) is 4.63. The topological polar surface area (TPSA) is 66.4 Å². The molecule has 0 aromatic rings. The summed E-state index contributed by atoms with van der Waals surface area (Å²) in [7, 11) is 0. The van der Waals surface area contributed by atoms with Gasteiger partial charge in [0.25, 0.3) is 5.24 Å². The normalized spacial score (nSPS) is 17.7. The average molecular weight is 382 g/mol. The van der Waals surface area contributed by atoms with Gasteiger partial charge in [0.2, 0.25) is 5.91 Å². The molecule has 0 aliphatic carbocycles. The van der Waals surface area contributed by atoms with Gasteiger partial charge in [-0.1, -0.05) is 88.8 Å². The van der Waals surface area contributed by atoms with E-state index in [2.05, 4.69) is 24.1 Å². The Morgan fingerprint density at radius 3 is 2.19 bits per heavy atom. The highest BCUT2D eigenvalue weighted by molar-refractivity contribution is 8.15. The van der Waals surface area contributed by atoms with Gasteiger partial charge in [-0.15, -0.1) is 5.92 Å². The molecule has 2 unspecified atom stereocenters. The van der Waals surface area contributed by atoms with Crippen molar-refractivity contribution in [3.8, 4) is 11.8 Å². The van der Waals surface area contributed by atoms with Gasteiger partial charge in [0, 0.05) is 6.42 Å². The second-order valence-electron chi connectivity index (χ2n) is 7.08. The summed E-state index contributed by atoms with van der Waals surface area (Å²) in [6, 6.07) is 0. The monoisotopic (exact) mass is 381 g/mol. The molecule has 2 atom stereocenters. The van der Waals surface area contributed by atoms with E-state index in [-0.39, 0.29) is 16.4 Å². The number of thioether (sulfide) groups is 1. The molecule has 1 rings (SSSR count). The van der Waals surface area contributed by atoms with Crippen molar-refractivity contribution in [1.82, 2.24) is 5.32 Å². The standard InChI is InChI=1S/C21H35NO3S/c1-2-3-15-18(23)16-13-11-9-7-5-4-6-8-10-12-14-17-19-20(24)22-21(25)26-19/h18-19,23H,2-12,14-15,17H2,1H3,(H,22,24,25). The van der Waals surface area contributed by atoms with Crippen molar-refractivity contribution in [2.45, 2.75) is 108 Å². The summed E-state index contributed by atoms with van der Waals surface area (Å²) in [6.07, 6.45) is 15.1. The van der Waals surface area contributed by atoms with Crippen LogP contribution in [-0.4, -0.2) is 27.6 Å². The van der Waals surface area contributed by atoms with Gasteiger partial charge in [-0.3, -0.25) is 14.9 Å². The molecule has 0 spiro atoms. The van der Waals surface area contributed by atoms with Crippen LogP contribution in [0.2, 0.25) is 0 Å². The van der Waals surface area contributed by atoms with E-state index >= 15 is 0 Å². The second kappa shape index (κ2) is 15.1. The number of carbonyl (C=O) groups is 2. The summed E-state index contributed by atoms with van der Waals surface area (Å²) in [5.74, 6) is 5.92. The Labute approximate surface area is 163 Å². The van der Waals surface area contributed by atoms with E-state index < -0.39 is 6.10 Å². The number of hydrogen-bond donors (Lipinski definition) is 2. The van der Waals surface area contributed by atoms with Crippen LogP contribution in [0.5, 0.6) is 0 Å². The number of aliphatic hydroxyl groups excluding tert-OH is 1. The summed E-state index contributed by atoms with van der Waals surface area (Å²) in [6.45, 7) is 2.12. The molecule has 0 saturated carbocycles. The van der Waals surface area contributed by atoms with E-state index in [1.807, 2.05) is 0 Å². The number of imide groups is 1. The predicted octanol–water partition coefficient (Wildman–Crippen LogP) is 5.18. The third kappa shape index (κ3) is 11.6. The summed E-state index contributed by atoms with van der Waals surface area (Å²) in [5, 5.41) is 11.6. The van der Waals surface area contributed by atoms with E-state index in [4.69, 9.17) is 0 Å². The molecule has 1 fully saturated rings. The van der Waals surface area contributed by atoms with Crippen molar-refractivity contribution in [2.75, 3.05) is 0 Å². The van der Waals surface area contributed by atoms with Crippen LogP contribution in [0, 0.1) is 11.8 Å². The van der Waals surface area contributed by atoms with Crippen LogP contribution in [-0.2, 0) is 4.79 Å². The maximum Gasteiger partial charge on any atom is 0.286 e. The van der Waals surface area contributed by atoms with Gasteiger partial charge in [0.15, 0.2) is 0 Å². The molecule has 1 aliphatic heterocycles. The SMILES string of the molecule is CCCCC(O)C#CCCCCCCCCCCCC1SC(=O)NC1=O. The molecule has 1 saturated heterocycles. The van der Waals surface area contributed by atoms with Crippen molar-refractivity contribution < 1.29 is 14.7 Å². The Morgan fingerprint density at radius 2 is 1.62 bits per heavy atom. The highest BCUT2D eigenvalue weighted by Crippen LogP contribution is 2.24. The highest BCUT2D eigenvalue weighted by atomic mass is 32.2. The maximum atomic E-state index is 11.4. The summed E-state index contributed by atoms with van der Waals surface area (Å²) < 4.78 is 0. The first kappa shape index (κ1) is 23.0. The smallest absolute Gasteiger partial charge is 0.286 e. The molecule has 1 aliphatic rings. The van der Waals surface area contributed by atoms with Crippen LogP contribution in [0.25, 0.3) is 0 Å². The lowest BCUT2D eigenvalue weighted by Crippen LogP contribution is -2.23. The van der Waals surface area contributed by atoms with Gasteiger partial charge in [0.1, 0.15) is 6.10 Å². The minimum atomic E-state index is -0.433. The Balaban J connectivity index is 1.82. The number of rotatable bonds is 14. The lowest BCUT2D eigenvalue weighted by atomic mass is 10.0. The van der Waals surface area contributed by atoms with Crippen LogP contribution in [0.3, 0.4) is 0 Å². The number of amides is 2. The van der Waals surface area contributed by atoms with Crippen LogP contribution in [0.4, 0.5) is 4.79 Å². The van der Waals surface area contributed by atoms with Crippen LogP contribution in [0.15, 0.2) is 0 Å². The van der Waals surface area contributed by atoms with Gasteiger partial charge in [0.05, 0.1) is 5.25 Å². The van der Waals surface area contributed by atoms with Gasteiger partial charge >= 0.3 is 0 Å². The largest absolute Gasteiger partial charge is 0.380 e. The van der Waals surface area contributed by atoms with Gasteiger partial charge in [-0.05, 0) is 19.3 Å². The average Bonchev–Trinajstić information content (AvgIpc) is 2.94. The highest BCUT2D eigenvalue weighted by Gasteiger charge is 2.30. The molecule has 0 bridgehead atoms. The molecular formula is C21H35NO3S. The minimum absolute atomic E-state index is 0.111.